The van der Waals surface area contributed by atoms with Crippen LogP contribution in [-0.2, 0) is 0 Å². The van der Waals surface area contributed by atoms with Crippen LogP contribution in [0.25, 0.3) is 0 Å². The summed E-state index contributed by atoms with van der Waals surface area (Å²) in [6, 6.07) is 5.87. The molecule has 0 saturated carbocycles. The number of carbonyl (C=O) groups is 1. The van der Waals surface area contributed by atoms with E-state index in [2.05, 4.69) is 40.0 Å². The topological polar surface area (TPSA) is 58.4 Å². The second-order valence-corrected chi connectivity index (χ2v) is 6.55. The van der Waals surface area contributed by atoms with Crippen LogP contribution in [0.2, 0.25) is 0 Å². The minimum absolute atomic E-state index is 0.0628. The summed E-state index contributed by atoms with van der Waals surface area (Å²) in [6.07, 6.45) is 1.15. The number of anilines is 1. The van der Waals surface area contributed by atoms with Gasteiger partial charge in [-0.2, -0.15) is 0 Å². The number of carbonyl (C=O) groups excluding carboxylic acids is 1. The molecule has 1 aliphatic rings. The van der Waals surface area contributed by atoms with Gasteiger partial charge in [0.2, 0.25) is 0 Å². The third-order valence-electron chi connectivity index (χ3n) is 3.83. The summed E-state index contributed by atoms with van der Waals surface area (Å²) >= 11 is 3.39. The fourth-order valence-electron chi connectivity index (χ4n) is 2.55. The quantitative estimate of drug-likeness (QED) is 0.828. The molecule has 1 saturated heterocycles. The van der Waals surface area contributed by atoms with Crippen molar-refractivity contribution in [1.82, 2.24) is 10.2 Å². The molecule has 1 heterocycles. The Morgan fingerprint density at radius 1 is 1.55 bits per heavy atom. The maximum Gasteiger partial charge on any atom is 0.252 e. The van der Waals surface area contributed by atoms with Crippen LogP contribution < -0.4 is 11.1 Å². The molecule has 0 bridgehead atoms. The molecular weight excluding hydrogens is 318 g/mol. The Morgan fingerprint density at radius 3 is 2.95 bits per heavy atom. The van der Waals surface area contributed by atoms with E-state index >= 15 is 0 Å². The van der Waals surface area contributed by atoms with Gasteiger partial charge in [-0.05, 0) is 66.9 Å². The van der Waals surface area contributed by atoms with Gasteiger partial charge in [-0.1, -0.05) is 0 Å². The summed E-state index contributed by atoms with van der Waals surface area (Å²) in [4.78, 5) is 14.6. The summed E-state index contributed by atoms with van der Waals surface area (Å²) in [5, 5.41) is 3.02. The van der Waals surface area contributed by atoms with Crippen LogP contribution in [0.5, 0.6) is 0 Å². The molecular formula is C15H22BrN3O. The van der Waals surface area contributed by atoms with Crippen LogP contribution in [0, 0.1) is 5.92 Å². The Balaban J connectivity index is 1.88. The predicted octanol–water partition coefficient (Wildman–Crippen LogP) is 2.49. The first-order valence-electron chi connectivity index (χ1n) is 7.04. The van der Waals surface area contributed by atoms with E-state index in [0.717, 1.165) is 30.5 Å². The highest BCUT2D eigenvalue weighted by atomic mass is 79.9. The number of hydrogen-bond acceptors (Lipinski definition) is 3. The number of nitrogens with two attached hydrogens (primary N) is 1. The molecule has 2 rings (SSSR count). The molecule has 1 unspecified atom stereocenters. The summed E-state index contributed by atoms with van der Waals surface area (Å²) in [7, 11) is 0. The van der Waals surface area contributed by atoms with Gasteiger partial charge in [-0.25, -0.2) is 0 Å². The predicted molar refractivity (Wildman–Crippen MR) is 85.7 cm³/mol. The van der Waals surface area contributed by atoms with Crippen LogP contribution >= 0.6 is 15.9 Å². The summed E-state index contributed by atoms with van der Waals surface area (Å²) < 4.78 is 0.777. The molecule has 1 fully saturated rings. The molecule has 0 aromatic heterocycles. The van der Waals surface area contributed by atoms with E-state index in [4.69, 9.17) is 5.73 Å². The Morgan fingerprint density at radius 2 is 2.30 bits per heavy atom. The Labute approximate surface area is 128 Å². The molecule has 20 heavy (non-hydrogen) atoms. The van der Waals surface area contributed by atoms with Crippen LogP contribution in [0.15, 0.2) is 22.7 Å². The first-order chi connectivity index (χ1) is 9.47. The van der Waals surface area contributed by atoms with E-state index in [9.17, 15) is 4.79 Å². The van der Waals surface area contributed by atoms with Crippen molar-refractivity contribution in [2.75, 3.05) is 25.4 Å². The van der Waals surface area contributed by atoms with E-state index < -0.39 is 0 Å². The molecule has 110 valence electrons. The number of amides is 1. The van der Waals surface area contributed by atoms with Crippen molar-refractivity contribution in [3.8, 4) is 0 Å². The van der Waals surface area contributed by atoms with Crippen LogP contribution in [0.4, 0.5) is 5.69 Å². The summed E-state index contributed by atoms with van der Waals surface area (Å²) in [6.45, 7) is 7.34. The Hall–Kier alpha value is -1.07. The van der Waals surface area contributed by atoms with Gasteiger partial charge < -0.3 is 16.0 Å². The lowest BCUT2D eigenvalue weighted by Gasteiger charge is -2.20. The number of hydrogen-bond donors (Lipinski definition) is 2. The van der Waals surface area contributed by atoms with E-state index in [1.165, 1.54) is 0 Å². The van der Waals surface area contributed by atoms with Gasteiger partial charge in [0.05, 0.1) is 5.56 Å². The SMILES string of the molecule is CC(C)N1CCC(CNC(=O)c2cc(N)ccc2Br)C1. The largest absolute Gasteiger partial charge is 0.399 e. The lowest BCUT2D eigenvalue weighted by Crippen LogP contribution is -2.33. The molecule has 1 aromatic carbocycles. The molecule has 3 N–H and O–H groups in total. The highest BCUT2D eigenvalue weighted by Crippen LogP contribution is 2.20. The Kier molecular flexibility index (Phi) is 5.05. The maximum absolute atomic E-state index is 12.2. The second-order valence-electron chi connectivity index (χ2n) is 5.69. The number of nitrogens with zero attached hydrogens (tertiary/aromatic N) is 1. The van der Waals surface area contributed by atoms with Crippen molar-refractivity contribution in [3.63, 3.8) is 0 Å². The van der Waals surface area contributed by atoms with Crippen LogP contribution in [0.3, 0.4) is 0 Å². The molecule has 4 nitrogen and oxygen atoms in total. The summed E-state index contributed by atoms with van der Waals surface area (Å²) in [5.74, 6) is 0.480. The van der Waals surface area contributed by atoms with Crippen molar-refractivity contribution in [3.05, 3.63) is 28.2 Å². The third-order valence-corrected chi connectivity index (χ3v) is 4.53. The van der Waals surface area contributed by atoms with Gasteiger partial charge in [0.25, 0.3) is 5.91 Å². The van der Waals surface area contributed by atoms with E-state index in [1.54, 1.807) is 18.2 Å². The number of likely N-dealkylation sites (tertiary alicyclic amines) is 1. The number of nitrogen functional groups attached to an aromatic ring is 1. The molecule has 1 aromatic rings. The minimum atomic E-state index is -0.0628. The molecule has 1 aliphatic heterocycles. The molecule has 5 heteroatoms. The maximum atomic E-state index is 12.2. The molecule has 1 amide bonds. The zero-order valence-corrected chi connectivity index (χ0v) is 13.6. The summed E-state index contributed by atoms with van der Waals surface area (Å²) in [5.41, 5.74) is 6.93. The first kappa shape index (κ1) is 15.3. The first-order valence-corrected chi connectivity index (χ1v) is 7.84. The molecule has 0 spiro atoms. The van der Waals surface area contributed by atoms with Crippen LogP contribution in [0.1, 0.15) is 30.6 Å². The smallest absolute Gasteiger partial charge is 0.252 e. The standard InChI is InChI=1S/C15H22BrN3O/c1-10(2)19-6-5-11(9-19)8-18-15(20)13-7-12(17)3-4-14(13)16/h3-4,7,10-11H,5-6,8-9,17H2,1-2H3,(H,18,20). The normalized spacial score (nSPS) is 19.5. The minimum Gasteiger partial charge on any atom is -0.399 e. The van der Waals surface area contributed by atoms with E-state index in [-0.39, 0.29) is 5.91 Å². The van der Waals surface area contributed by atoms with E-state index in [1.807, 2.05) is 0 Å². The highest BCUT2D eigenvalue weighted by Gasteiger charge is 2.24. The van der Waals surface area contributed by atoms with Gasteiger partial charge >= 0.3 is 0 Å². The average molecular weight is 340 g/mol. The lowest BCUT2D eigenvalue weighted by atomic mass is 10.1. The van der Waals surface area contributed by atoms with Gasteiger partial charge in [-0.15, -0.1) is 0 Å². The van der Waals surface area contributed by atoms with Crippen molar-refractivity contribution in [2.45, 2.75) is 26.3 Å². The molecule has 0 aliphatic carbocycles. The second kappa shape index (κ2) is 6.59. The number of rotatable bonds is 4. The Bertz CT molecular complexity index is 490. The van der Waals surface area contributed by atoms with Gasteiger partial charge in [0.1, 0.15) is 0 Å². The monoisotopic (exact) mass is 339 g/mol. The zero-order chi connectivity index (χ0) is 14.7. The zero-order valence-electron chi connectivity index (χ0n) is 12.0. The van der Waals surface area contributed by atoms with Crippen LogP contribution in [-0.4, -0.2) is 36.5 Å². The van der Waals surface area contributed by atoms with Crippen molar-refractivity contribution >= 4 is 27.5 Å². The van der Waals surface area contributed by atoms with Crippen molar-refractivity contribution < 1.29 is 4.79 Å². The molecule has 1 atom stereocenters. The van der Waals surface area contributed by atoms with Crippen molar-refractivity contribution in [1.29, 1.82) is 0 Å². The number of nitrogens with one attached hydrogen (secondary N) is 1. The lowest BCUT2D eigenvalue weighted by molar-refractivity contribution is 0.0946. The number of halogens is 1. The average Bonchev–Trinajstić information content (AvgIpc) is 2.88. The highest BCUT2D eigenvalue weighted by molar-refractivity contribution is 9.10. The van der Waals surface area contributed by atoms with E-state index in [0.29, 0.717) is 23.2 Å². The van der Waals surface area contributed by atoms with Gasteiger partial charge in [-0.3, -0.25) is 4.79 Å². The third kappa shape index (κ3) is 3.73. The fourth-order valence-corrected chi connectivity index (χ4v) is 2.97. The fraction of sp³-hybridized carbons (Fsp3) is 0.533. The van der Waals surface area contributed by atoms with Gasteiger partial charge in [0, 0.05) is 29.3 Å². The number of benzene rings is 1. The van der Waals surface area contributed by atoms with Gasteiger partial charge in [0.15, 0.2) is 0 Å². The molecule has 0 radical (unpaired) electrons. The van der Waals surface area contributed by atoms with Crippen molar-refractivity contribution in [2.24, 2.45) is 5.92 Å².